The Balaban J connectivity index is 1.70. The maximum Gasteiger partial charge on any atom is 0.418 e. The molecule has 1 amide bonds. The van der Waals surface area contributed by atoms with Gasteiger partial charge >= 0.3 is 6.18 Å². The number of para-hydroxylation sites is 1. The highest BCUT2D eigenvalue weighted by Gasteiger charge is 2.33. The first kappa shape index (κ1) is 17.0. The molecule has 2 heterocycles. The molecule has 0 aliphatic heterocycles. The van der Waals surface area contributed by atoms with Crippen LogP contribution in [-0.2, 0) is 11.0 Å². The standard InChI is InChI=1S/C13H9F3N6O2S/c14-13(15,16)7-3-1-2-4-8(7)18-10(24)6-25-12-21-20-11-19-9(23)5-17-22(11)12/h1-5H,6H2,(H,18,24)(H,19,20,23). The summed E-state index contributed by atoms with van der Waals surface area (Å²) < 4.78 is 39.9. The monoisotopic (exact) mass is 370 g/mol. The Kier molecular flexibility index (Phi) is 4.44. The minimum absolute atomic E-state index is 0.0952. The van der Waals surface area contributed by atoms with E-state index in [1.807, 2.05) is 0 Å². The smallest absolute Gasteiger partial charge is 0.325 e. The van der Waals surface area contributed by atoms with Crippen LogP contribution in [0.3, 0.4) is 0 Å². The lowest BCUT2D eigenvalue weighted by Gasteiger charge is -2.13. The maximum absolute atomic E-state index is 12.9. The number of alkyl halides is 3. The van der Waals surface area contributed by atoms with Crippen LogP contribution in [0, 0.1) is 0 Å². The van der Waals surface area contributed by atoms with Gasteiger partial charge in [0.2, 0.25) is 11.1 Å². The number of carbonyl (C=O) groups excluding carboxylic acids is 1. The summed E-state index contributed by atoms with van der Waals surface area (Å²) in [6.07, 6.45) is -3.56. The van der Waals surface area contributed by atoms with Crippen LogP contribution in [0.1, 0.15) is 5.56 Å². The number of aromatic amines is 1. The number of halogens is 3. The second kappa shape index (κ2) is 6.55. The first-order valence-corrected chi connectivity index (χ1v) is 7.73. The van der Waals surface area contributed by atoms with Crippen LogP contribution < -0.4 is 10.9 Å². The van der Waals surface area contributed by atoms with E-state index in [2.05, 4.69) is 25.6 Å². The molecule has 1 aromatic carbocycles. The molecular formula is C13H9F3N6O2S. The molecule has 0 fully saturated rings. The number of benzene rings is 1. The van der Waals surface area contributed by atoms with Crippen LogP contribution in [0.2, 0.25) is 0 Å². The van der Waals surface area contributed by atoms with Gasteiger partial charge in [-0.2, -0.15) is 22.8 Å². The minimum atomic E-state index is -4.57. The number of nitrogens with one attached hydrogen (secondary N) is 2. The van der Waals surface area contributed by atoms with Crippen molar-refractivity contribution in [2.24, 2.45) is 0 Å². The lowest BCUT2D eigenvalue weighted by molar-refractivity contribution is -0.137. The number of anilines is 1. The zero-order chi connectivity index (χ0) is 18.0. The van der Waals surface area contributed by atoms with Gasteiger partial charge in [0.15, 0.2) is 0 Å². The van der Waals surface area contributed by atoms with Crippen LogP contribution in [0.15, 0.2) is 40.4 Å². The van der Waals surface area contributed by atoms with Gasteiger partial charge in [-0.15, -0.1) is 10.2 Å². The van der Waals surface area contributed by atoms with Gasteiger partial charge in [-0.25, -0.2) is 0 Å². The molecule has 25 heavy (non-hydrogen) atoms. The summed E-state index contributed by atoms with van der Waals surface area (Å²) in [5, 5.41) is 13.7. The Hall–Kier alpha value is -2.89. The van der Waals surface area contributed by atoms with Gasteiger partial charge in [-0.1, -0.05) is 23.9 Å². The molecular weight excluding hydrogens is 361 g/mol. The molecule has 12 heteroatoms. The topological polar surface area (TPSA) is 105 Å². The van der Waals surface area contributed by atoms with Crippen molar-refractivity contribution >= 4 is 29.1 Å². The summed E-state index contributed by atoms with van der Waals surface area (Å²) in [6.45, 7) is 0. The summed E-state index contributed by atoms with van der Waals surface area (Å²) >= 11 is 0.915. The van der Waals surface area contributed by atoms with E-state index in [9.17, 15) is 22.8 Å². The Bertz CT molecular complexity index is 984. The van der Waals surface area contributed by atoms with E-state index in [1.54, 1.807) is 0 Å². The normalized spacial score (nSPS) is 11.6. The number of hydrogen-bond acceptors (Lipinski definition) is 6. The summed E-state index contributed by atoms with van der Waals surface area (Å²) in [5.74, 6) is -0.769. The molecule has 0 saturated carbocycles. The van der Waals surface area contributed by atoms with Crippen LogP contribution in [0.25, 0.3) is 5.78 Å². The van der Waals surface area contributed by atoms with E-state index in [0.29, 0.717) is 0 Å². The van der Waals surface area contributed by atoms with Gasteiger partial charge in [-0.3, -0.25) is 14.6 Å². The SMILES string of the molecule is O=C(CSc1nnc2[nH]c(=O)cnn12)Nc1ccccc1C(F)(F)F. The number of H-pyrrole nitrogens is 1. The van der Waals surface area contributed by atoms with Gasteiger partial charge in [0.05, 0.1) is 17.0 Å². The third-order valence-corrected chi connectivity index (χ3v) is 3.90. The van der Waals surface area contributed by atoms with Gasteiger partial charge in [0, 0.05) is 0 Å². The number of thioether (sulfide) groups is 1. The highest BCUT2D eigenvalue weighted by Crippen LogP contribution is 2.34. The molecule has 0 spiro atoms. The predicted octanol–water partition coefficient (Wildman–Crippen LogP) is 1.56. The molecule has 8 nitrogen and oxygen atoms in total. The van der Waals surface area contributed by atoms with E-state index < -0.39 is 23.2 Å². The van der Waals surface area contributed by atoms with E-state index in [1.165, 1.54) is 22.7 Å². The van der Waals surface area contributed by atoms with Gasteiger partial charge in [0.1, 0.15) is 6.20 Å². The van der Waals surface area contributed by atoms with Gasteiger partial charge in [0.25, 0.3) is 11.3 Å². The summed E-state index contributed by atoms with van der Waals surface area (Å²) in [5.41, 5.74) is -1.72. The summed E-state index contributed by atoms with van der Waals surface area (Å²) in [4.78, 5) is 25.4. The van der Waals surface area contributed by atoms with Gasteiger partial charge < -0.3 is 5.32 Å². The van der Waals surface area contributed by atoms with Crippen molar-refractivity contribution in [1.29, 1.82) is 0 Å². The fourth-order valence-electron chi connectivity index (χ4n) is 1.95. The van der Waals surface area contributed by atoms with Crippen molar-refractivity contribution in [2.75, 3.05) is 11.1 Å². The molecule has 0 bridgehead atoms. The quantitative estimate of drug-likeness (QED) is 0.676. The van der Waals surface area contributed by atoms with E-state index in [0.717, 1.165) is 24.0 Å². The minimum Gasteiger partial charge on any atom is -0.325 e. The number of rotatable bonds is 4. The third kappa shape index (κ3) is 3.79. The molecule has 2 aromatic heterocycles. The average Bonchev–Trinajstić information content (AvgIpc) is 2.94. The highest BCUT2D eigenvalue weighted by atomic mass is 32.2. The molecule has 0 aliphatic carbocycles. The molecule has 2 N–H and O–H groups in total. The number of aromatic nitrogens is 5. The Morgan fingerprint density at radius 3 is 2.80 bits per heavy atom. The van der Waals surface area contributed by atoms with Crippen LogP contribution in [0.4, 0.5) is 18.9 Å². The number of amides is 1. The summed E-state index contributed by atoms with van der Waals surface area (Å²) in [7, 11) is 0. The number of fused-ring (bicyclic) bond motifs is 1. The first-order chi connectivity index (χ1) is 11.8. The lowest BCUT2D eigenvalue weighted by atomic mass is 10.1. The number of nitrogens with zero attached hydrogens (tertiary/aromatic N) is 4. The molecule has 0 atom stereocenters. The molecule has 130 valence electrons. The molecule has 0 saturated heterocycles. The van der Waals surface area contributed by atoms with E-state index in [-0.39, 0.29) is 22.4 Å². The lowest BCUT2D eigenvalue weighted by Crippen LogP contribution is -2.18. The Labute approximate surface area is 141 Å². The van der Waals surface area contributed by atoms with Crippen molar-refractivity contribution in [2.45, 2.75) is 11.3 Å². The van der Waals surface area contributed by atoms with E-state index in [4.69, 9.17) is 0 Å². The first-order valence-electron chi connectivity index (χ1n) is 6.74. The summed E-state index contributed by atoms with van der Waals surface area (Å²) in [6, 6.07) is 4.69. The molecule has 0 aliphatic rings. The van der Waals surface area contributed by atoms with Crippen molar-refractivity contribution in [3.63, 3.8) is 0 Å². The van der Waals surface area contributed by atoms with Crippen molar-refractivity contribution in [3.05, 3.63) is 46.4 Å². The van der Waals surface area contributed by atoms with Crippen molar-refractivity contribution in [3.8, 4) is 0 Å². The van der Waals surface area contributed by atoms with Crippen molar-refractivity contribution < 1.29 is 18.0 Å². The average molecular weight is 370 g/mol. The predicted molar refractivity (Wildman–Crippen MR) is 82.2 cm³/mol. The fourth-order valence-corrected chi connectivity index (χ4v) is 2.63. The number of carbonyl (C=O) groups is 1. The Morgan fingerprint density at radius 1 is 1.28 bits per heavy atom. The fraction of sp³-hybridized carbons (Fsp3) is 0.154. The molecule has 3 aromatic rings. The zero-order valence-corrected chi connectivity index (χ0v) is 13.1. The third-order valence-electron chi connectivity index (χ3n) is 2.98. The largest absolute Gasteiger partial charge is 0.418 e. The van der Waals surface area contributed by atoms with E-state index >= 15 is 0 Å². The van der Waals surface area contributed by atoms with Crippen LogP contribution in [0.5, 0.6) is 0 Å². The maximum atomic E-state index is 12.9. The zero-order valence-electron chi connectivity index (χ0n) is 12.2. The van der Waals surface area contributed by atoms with Gasteiger partial charge in [-0.05, 0) is 12.1 Å². The second-order valence-corrected chi connectivity index (χ2v) is 5.67. The molecule has 3 rings (SSSR count). The molecule has 0 unspecified atom stereocenters. The molecule has 0 radical (unpaired) electrons. The van der Waals surface area contributed by atoms with Crippen LogP contribution >= 0.6 is 11.8 Å². The highest BCUT2D eigenvalue weighted by molar-refractivity contribution is 7.99. The Morgan fingerprint density at radius 2 is 2.04 bits per heavy atom. The van der Waals surface area contributed by atoms with Crippen molar-refractivity contribution in [1.82, 2.24) is 24.8 Å². The van der Waals surface area contributed by atoms with Crippen LogP contribution in [-0.4, -0.2) is 36.5 Å². The second-order valence-electron chi connectivity index (χ2n) is 4.73. The number of hydrogen-bond donors (Lipinski definition) is 2.